The molecule has 0 bridgehead atoms. The summed E-state index contributed by atoms with van der Waals surface area (Å²) in [5.41, 5.74) is 2.01. The monoisotopic (exact) mass is 522 g/mol. The van der Waals surface area contributed by atoms with Crippen LogP contribution in [0.3, 0.4) is 0 Å². The van der Waals surface area contributed by atoms with Gasteiger partial charge in [0.15, 0.2) is 5.13 Å². The number of nitrogens with zero attached hydrogens (tertiary/aromatic N) is 2. The summed E-state index contributed by atoms with van der Waals surface area (Å²) in [4.78, 5) is 9.91. The lowest BCUT2D eigenvalue weighted by Gasteiger charge is -2.28. The molecule has 1 aliphatic heterocycles. The van der Waals surface area contributed by atoms with Crippen LogP contribution in [-0.2, 0) is 14.8 Å². The number of hydrogen-bond acceptors (Lipinski definition) is 8. The lowest BCUT2D eigenvalue weighted by atomic mass is 9.93. The van der Waals surface area contributed by atoms with Crippen LogP contribution in [0.5, 0.6) is 5.75 Å². The van der Waals surface area contributed by atoms with E-state index in [-0.39, 0.29) is 27.4 Å². The first-order valence-electron chi connectivity index (χ1n) is 10.9. The van der Waals surface area contributed by atoms with Crippen molar-refractivity contribution in [3.63, 3.8) is 0 Å². The number of sulfonamides is 1. The van der Waals surface area contributed by atoms with Crippen LogP contribution in [0.1, 0.15) is 31.2 Å². The van der Waals surface area contributed by atoms with Crippen molar-refractivity contribution in [2.75, 3.05) is 23.3 Å². The maximum Gasteiger partial charge on any atom is 0.263 e. The van der Waals surface area contributed by atoms with Gasteiger partial charge in [0.1, 0.15) is 10.6 Å². The summed E-state index contributed by atoms with van der Waals surface area (Å²) in [6.07, 6.45) is 3.70. The molecule has 1 aliphatic rings. The molecule has 0 radical (unpaired) electrons. The van der Waals surface area contributed by atoms with Crippen molar-refractivity contribution in [1.82, 2.24) is 9.97 Å². The molecule has 1 fully saturated rings. The first-order valence-corrected chi connectivity index (χ1v) is 13.6. The van der Waals surface area contributed by atoms with Crippen molar-refractivity contribution in [2.45, 2.75) is 44.6 Å². The molecule has 1 aromatic carbocycles. The van der Waals surface area contributed by atoms with Crippen LogP contribution in [0.2, 0.25) is 5.02 Å². The third kappa shape index (κ3) is 5.46. The number of nitrogens with one attached hydrogen (secondary N) is 2. The highest BCUT2D eigenvalue weighted by Crippen LogP contribution is 2.36. The van der Waals surface area contributed by atoms with Crippen molar-refractivity contribution < 1.29 is 18.3 Å². The summed E-state index contributed by atoms with van der Waals surface area (Å²) >= 11 is 7.57. The van der Waals surface area contributed by atoms with E-state index >= 15 is 0 Å². The molecule has 3 heterocycles. The van der Waals surface area contributed by atoms with Gasteiger partial charge >= 0.3 is 0 Å². The standard InChI is InChI=1S/C23H27ClN4O4S2/c1-13(16-6-8-32-9-7-16)26-23-27-15(3)22(33-23)17-10-21(14(2)25-12-17)34(30,31)28-20-5-4-18(29)11-19(20)24/h4-5,10-13,16,28-29H,6-9H2,1-3H3,(H,26,27). The predicted octanol–water partition coefficient (Wildman–Crippen LogP) is 5.21. The maximum atomic E-state index is 13.1. The molecule has 4 rings (SSSR count). The smallest absolute Gasteiger partial charge is 0.263 e. The summed E-state index contributed by atoms with van der Waals surface area (Å²) in [6.45, 7) is 7.27. The highest BCUT2D eigenvalue weighted by Gasteiger charge is 2.24. The topological polar surface area (TPSA) is 113 Å². The average molecular weight is 523 g/mol. The molecule has 1 unspecified atom stereocenters. The second-order valence-electron chi connectivity index (χ2n) is 8.39. The maximum absolute atomic E-state index is 13.1. The first-order chi connectivity index (χ1) is 16.1. The van der Waals surface area contributed by atoms with Gasteiger partial charge in [0.05, 0.1) is 27.0 Å². The van der Waals surface area contributed by atoms with Crippen LogP contribution < -0.4 is 10.0 Å². The Kier molecular flexibility index (Phi) is 7.32. The third-order valence-electron chi connectivity index (χ3n) is 5.91. The highest BCUT2D eigenvalue weighted by atomic mass is 35.5. The summed E-state index contributed by atoms with van der Waals surface area (Å²) in [7, 11) is -3.97. The van der Waals surface area contributed by atoms with Gasteiger partial charge in [-0.05, 0) is 57.7 Å². The van der Waals surface area contributed by atoms with Gasteiger partial charge in [0.25, 0.3) is 10.0 Å². The SMILES string of the molecule is Cc1ncc(-c2sc(NC(C)C3CCOCC3)nc2C)cc1S(=O)(=O)Nc1ccc(O)cc1Cl. The fourth-order valence-electron chi connectivity index (χ4n) is 3.95. The van der Waals surface area contributed by atoms with Crippen molar-refractivity contribution >= 4 is 43.8 Å². The minimum atomic E-state index is -3.97. The normalized spacial score (nSPS) is 15.8. The Bertz CT molecular complexity index is 1290. The van der Waals surface area contributed by atoms with Gasteiger partial charge < -0.3 is 15.2 Å². The molecule has 34 heavy (non-hydrogen) atoms. The summed E-state index contributed by atoms with van der Waals surface area (Å²) in [6, 6.07) is 5.91. The zero-order chi connectivity index (χ0) is 24.5. The van der Waals surface area contributed by atoms with Crippen LogP contribution in [0.25, 0.3) is 10.4 Å². The number of aryl methyl sites for hydroxylation is 2. The highest BCUT2D eigenvalue weighted by molar-refractivity contribution is 7.92. The Labute approximate surface area is 208 Å². The number of rotatable bonds is 7. The zero-order valence-corrected chi connectivity index (χ0v) is 21.5. The minimum Gasteiger partial charge on any atom is -0.508 e. The van der Waals surface area contributed by atoms with Gasteiger partial charge in [0, 0.05) is 37.1 Å². The molecular weight excluding hydrogens is 496 g/mol. The molecule has 1 atom stereocenters. The molecule has 1 saturated heterocycles. The lowest BCUT2D eigenvalue weighted by molar-refractivity contribution is 0.0622. The predicted molar refractivity (Wildman–Crippen MR) is 135 cm³/mol. The van der Waals surface area contributed by atoms with Crippen molar-refractivity contribution in [1.29, 1.82) is 0 Å². The van der Waals surface area contributed by atoms with E-state index in [4.69, 9.17) is 16.3 Å². The van der Waals surface area contributed by atoms with Crippen LogP contribution in [-0.4, -0.2) is 42.7 Å². The largest absolute Gasteiger partial charge is 0.508 e. The number of thiazole rings is 1. The van der Waals surface area contributed by atoms with E-state index in [0.717, 1.165) is 41.8 Å². The Hall–Kier alpha value is -2.40. The molecule has 0 saturated carbocycles. The Morgan fingerprint density at radius 2 is 1.94 bits per heavy atom. The van der Waals surface area contributed by atoms with Crippen LogP contribution in [0.4, 0.5) is 10.8 Å². The van der Waals surface area contributed by atoms with Crippen molar-refractivity contribution in [2.24, 2.45) is 5.92 Å². The number of pyridine rings is 1. The number of aromatic hydroxyl groups is 1. The number of benzene rings is 1. The molecule has 0 aliphatic carbocycles. The van der Waals surface area contributed by atoms with Gasteiger partial charge in [-0.25, -0.2) is 13.4 Å². The summed E-state index contributed by atoms with van der Waals surface area (Å²) < 4.78 is 34.2. The number of phenolic OH excluding ortho intramolecular Hbond substituents is 1. The van der Waals surface area contributed by atoms with Crippen molar-refractivity contribution in [3.8, 4) is 16.2 Å². The Morgan fingerprint density at radius 1 is 1.21 bits per heavy atom. The number of hydrogen-bond donors (Lipinski definition) is 3. The van der Waals surface area contributed by atoms with Crippen LogP contribution in [0.15, 0.2) is 35.4 Å². The molecule has 3 N–H and O–H groups in total. The van der Waals surface area contributed by atoms with Gasteiger partial charge in [-0.1, -0.05) is 22.9 Å². The fourth-order valence-corrected chi connectivity index (χ4v) is 6.57. The number of ether oxygens (including phenoxy) is 1. The van der Waals surface area contributed by atoms with E-state index in [1.165, 1.54) is 29.5 Å². The summed E-state index contributed by atoms with van der Waals surface area (Å²) in [5.74, 6) is 0.473. The molecule has 2 aromatic heterocycles. The van der Waals surface area contributed by atoms with Crippen LogP contribution >= 0.6 is 22.9 Å². The number of halogens is 1. The first kappa shape index (κ1) is 24.7. The van der Waals surface area contributed by atoms with Gasteiger partial charge in [0.2, 0.25) is 0 Å². The molecule has 3 aromatic rings. The van der Waals surface area contributed by atoms with E-state index in [1.54, 1.807) is 19.2 Å². The van der Waals surface area contributed by atoms with Gasteiger partial charge in [-0.3, -0.25) is 9.71 Å². The molecule has 182 valence electrons. The van der Waals surface area contributed by atoms with Crippen LogP contribution in [0, 0.1) is 19.8 Å². The Balaban J connectivity index is 1.59. The fraction of sp³-hybridized carbons (Fsp3) is 0.391. The number of anilines is 2. The molecule has 8 nitrogen and oxygen atoms in total. The summed E-state index contributed by atoms with van der Waals surface area (Å²) in [5, 5.41) is 13.9. The van der Waals surface area contributed by atoms with Gasteiger partial charge in [-0.2, -0.15) is 0 Å². The van der Waals surface area contributed by atoms with E-state index in [0.29, 0.717) is 17.2 Å². The van der Waals surface area contributed by atoms with E-state index in [9.17, 15) is 13.5 Å². The van der Waals surface area contributed by atoms with E-state index in [1.807, 2.05) is 6.92 Å². The van der Waals surface area contributed by atoms with Crippen molar-refractivity contribution in [3.05, 3.63) is 46.9 Å². The van der Waals surface area contributed by atoms with E-state index in [2.05, 4.69) is 26.9 Å². The van der Waals surface area contributed by atoms with Gasteiger partial charge in [-0.15, -0.1) is 0 Å². The quantitative estimate of drug-likeness (QED) is 0.365. The average Bonchev–Trinajstić information content (AvgIpc) is 3.16. The molecule has 0 amide bonds. The lowest BCUT2D eigenvalue weighted by Crippen LogP contribution is -2.30. The molecular formula is C23H27ClN4O4S2. The molecule has 11 heteroatoms. The van der Waals surface area contributed by atoms with E-state index < -0.39 is 10.0 Å². The second-order valence-corrected chi connectivity index (χ2v) is 11.5. The number of phenols is 1. The third-order valence-corrected chi connectivity index (χ3v) is 8.84. The number of aromatic nitrogens is 2. The second kappa shape index (κ2) is 10.1. The Morgan fingerprint density at radius 3 is 2.65 bits per heavy atom. The minimum absolute atomic E-state index is 0.0482. The molecule has 0 spiro atoms. The zero-order valence-electron chi connectivity index (χ0n) is 19.1.